The van der Waals surface area contributed by atoms with Gasteiger partial charge in [-0.3, -0.25) is 0 Å². The van der Waals surface area contributed by atoms with Crippen LogP contribution in [0.15, 0.2) is 29.3 Å². The highest BCUT2D eigenvalue weighted by atomic mass is 32.1. The molecule has 6 heteroatoms. The van der Waals surface area contributed by atoms with E-state index in [0.717, 1.165) is 17.9 Å². The largest absolute Gasteiger partial charge is 0.489 e. The van der Waals surface area contributed by atoms with Crippen LogP contribution in [0.2, 0.25) is 0 Å². The molecule has 0 aliphatic carbocycles. The second-order valence-electron chi connectivity index (χ2n) is 6.15. The van der Waals surface area contributed by atoms with E-state index >= 15 is 0 Å². The molecule has 1 aliphatic heterocycles. The van der Waals surface area contributed by atoms with E-state index in [1.165, 1.54) is 0 Å². The van der Waals surface area contributed by atoms with E-state index in [-0.39, 0.29) is 12.2 Å². The van der Waals surface area contributed by atoms with Crippen molar-refractivity contribution in [2.75, 3.05) is 13.1 Å². The normalized spacial score (nSPS) is 17.8. The van der Waals surface area contributed by atoms with E-state index in [1.807, 2.05) is 45.0 Å². The number of carbonyl (C=O) groups is 1. The van der Waals surface area contributed by atoms with Crippen molar-refractivity contribution in [1.82, 2.24) is 4.90 Å². The molecule has 2 rings (SSSR count). The Morgan fingerprint density at radius 3 is 2.64 bits per heavy atom. The fourth-order valence-corrected chi connectivity index (χ4v) is 2.27. The highest BCUT2D eigenvalue weighted by Crippen LogP contribution is 2.22. The Balaban J connectivity index is 1.88. The molecule has 118 valence electrons. The van der Waals surface area contributed by atoms with Crippen molar-refractivity contribution in [3.05, 3.63) is 24.3 Å². The average Bonchev–Trinajstić information content (AvgIpc) is 2.88. The van der Waals surface area contributed by atoms with Gasteiger partial charge in [-0.2, -0.15) is 4.99 Å². The van der Waals surface area contributed by atoms with Crippen molar-refractivity contribution in [3.63, 3.8) is 0 Å². The van der Waals surface area contributed by atoms with E-state index in [9.17, 15) is 4.79 Å². The molecule has 1 aromatic carbocycles. The quantitative estimate of drug-likeness (QED) is 0.628. The van der Waals surface area contributed by atoms with Gasteiger partial charge in [0.05, 0.1) is 17.4 Å². The topological polar surface area (TPSA) is 51.1 Å². The second-order valence-corrected chi connectivity index (χ2v) is 6.33. The molecule has 1 saturated heterocycles. The summed E-state index contributed by atoms with van der Waals surface area (Å²) in [7, 11) is 0. The van der Waals surface area contributed by atoms with Crippen LogP contribution in [0.25, 0.3) is 0 Å². The fraction of sp³-hybridized carbons (Fsp3) is 0.500. The first-order valence-corrected chi connectivity index (χ1v) is 7.61. The van der Waals surface area contributed by atoms with Gasteiger partial charge in [0.15, 0.2) is 0 Å². The number of amides is 1. The van der Waals surface area contributed by atoms with E-state index in [4.69, 9.17) is 9.47 Å². The molecule has 1 aromatic rings. The van der Waals surface area contributed by atoms with Crippen LogP contribution in [0.3, 0.4) is 0 Å². The van der Waals surface area contributed by atoms with Gasteiger partial charge >= 0.3 is 6.09 Å². The van der Waals surface area contributed by atoms with Gasteiger partial charge in [-0.15, -0.1) is 0 Å². The highest BCUT2D eigenvalue weighted by molar-refractivity contribution is 7.78. The molecular formula is C16H20N2O3S. The number of carbonyl (C=O) groups excluding carboxylic acids is 1. The van der Waals surface area contributed by atoms with Gasteiger partial charge in [0.25, 0.3) is 0 Å². The number of hydrogen-bond acceptors (Lipinski definition) is 5. The summed E-state index contributed by atoms with van der Waals surface area (Å²) >= 11 is 4.56. The van der Waals surface area contributed by atoms with Crippen LogP contribution >= 0.6 is 12.2 Å². The van der Waals surface area contributed by atoms with Crippen LogP contribution in [0.5, 0.6) is 5.75 Å². The first-order valence-electron chi connectivity index (χ1n) is 7.20. The predicted molar refractivity (Wildman–Crippen MR) is 88.0 cm³/mol. The Labute approximate surface area is 135 Å². The van der Waals surface area contributed by atoms with Crippen LogP contribution in [0, 0.1) is 0 Å². The lowest BCUT2D eigenvalue weighted by Gasteiger charge is -2.24. The van der Waals surface area contributed by atoms with Crippen LogP contribution in [0.1, 0.15) is 27.2 Å². The van der Waals surface area contributed by atoms with E-state index in [2.05, 4.69) is 22.4 Å². The molecule has 0 bridgehead atoms. The summed E-state index contributed by atoms with van der Waals surface area (Å²) in [5.41, 5.74) is 0.262. The van der Waals surface area contributed by atoms with Gasteiger partial charge in [0.1, 0.15) is 17.5 Å². The Hall–Kier alpha value is -1.91. The minimum absolute atomic E-state index is 0.0209. The van der Waals surface area contributed by atoms with Crippen LogP contribution < -0.4 is 4.74 Å². The molecule has 1 fully saturated rings. The third-order valence-corrected chi connectivity index (χ3v) is 3.20. The molecule has 22 heavy (non-hydrogen) atoms. The van der Waals surface area contributed by atoms with Gasteiger partial charge in [0, 0.05) is 13.0 Å². The van der Waals surface area contributed by atoms with Crippen LogP contribution in [-0.4, -0.2) is 40.9 Å². The Morgan fingerprint density at radius 1 is 1.36 bits per heavy atom. The van der Waals surface area contributed by atoms with E-state index < -0.39 is 5.60 Å². The third-order valence-electron chi connectivity index (χ3n) is 3.11. The molecule has 0 radical (unpaired) electrons. The zero-order chi connectivity index (χ0) is 16.2. The number of aliphatic imine (C=N–C) groups is 1. The molecule has 1 amide bonds. The molecule has 0 N–H and O–H groups in total. The SMILES string of the molecule is CC(C)(C)OC(=O)N1CCC(Oc2ccc(N=C=S)cc2)C1. The van der Waals surface area contributed by atoms with Crippen molar-refractivity contribution >= 4 is 29.2 Å². The molecule has 0 saturated carbocycles. The number of likely N-dealkylation sites (tertiary alicyclic amines) is 1. The van der Waals surface area contributed by atoms with Crippen molar-refractivity contribution in [2.24, 2.45) is 4.99 Å². The van der Waals surface area contributed by atoms with Gasteiger partial charge < -0.3 is 14.4 Å². The molecular weight excluding hydrogens is 300 g/mol. The Kier molecular flexibility index (Phi) is 5.16. The molecule has 0 spiro atoms. The van der Waals surface area contributed by atoms with Crippen LogP contribution in [0.4, 0.5) is 10.5 Å². The summed E-state index contributed by atoms with van der Waals surface area (Å²) in [6.45, 7) is 6.76. The fourth-order valence-electron chi connectivity index (χ4n) is 2.16. The molecule has 0 aromatic heterocycles. The van der Waals surface area contributed by atoms with Crippen molar-refractivity contribution in [1.29, 1.82) is 0 Å². The summed E-state index contributed by atoms with van der Waals surface area (Å²) < 4.78 is 11.2. The summed E-state index contributed by atoms with van der Waals surface area (Å²) in [5, 5.41) is 2.32. The molecule has 5 nitrogen and oxygen atoms in total. The number of ether oxygens (including phenoxy) is 2. The predicted octanol–water partition coefficient (Wildman–Crippen LogP) is 3.81. The van der Waals surface area contributed by atoms with E-state index in [1.54, 1.807) is 4.90 Å². The molecule has 1 heterocycles. The van der Waals surface area contributed by atoms with Gasteiger partial charge in [-0.05, 0) is 57.3 Å². The minimum atomic E-state index is -0.478. The monoisotopic (exact) mass is 320 g/mol. The van der Waals surface area contributed by atoms with Crippen molar-refractivity contribution in [2.45, 2.75) is 38.9 Å². The summed E-state index contributed by atoms with van der Waals surface area (Å²) in [5.74, 6) is 0.749. The number of benzene rings is 1. The van der Waals surface area contributed by atoms with Crippen LogP contribution in [-0.2, 0) is 4.74 Å². The smallest absolute Gasteiger partial charge is 0.410 e. The minimum Gasteiger partial charge on any atom is -0.489 e. The lowest BCUT2D eigenvalue weighted by atomic mass is 10.2. The van der Waals surface area contributed by atoms with Gasteiger partial charge in [-0.1, -0.05) is 0 Å². The molecule has 1 unspecified atom stereocenters. The average molecular weight is 320 g/mol. The highest BCUT2D eigenvalue weighted by Gasteiger charge is 2.30. The number of hydrogen-bond donors (Lipinski definition) is 0. The molecule has 1 atom stereocenters. The summed E-state index contributed by atoms with van der Waals surface area (Å²) in [4.78, 5) is 17.6. The zero-order valence-corrected chi connectivity index (χ0v) is 13.9. The maximum atomic E-state index is 12.0. The maximum Gasteiger partial charge on any atom is 0.410 e. The number of isothiocyanates is 1. The molecule has 1 aliphatic rings. The second kappa shape index (κ2) is 6.90. The zero-order valence-electron chi connectivity index (χ0n) is 13.0. The first-order chi connectivity index (χ1) is 10.4. The number of nitrogens with zero attached hydrogens (tertiary/aromatic N) is 2. The Bertz CT molecular complexity index is 574. The van der Waals surface area contributed by atoms with Crippen molar-refractivity contribution in [3.8, 4) is 5.75 Å². The maximum absolute atomic E-state index is 12.0. The summed E-state index contributed by atoms with van der Waals surface area (Å²) in [6.07, 6.45) is 0.482. The third kappa shape index (κ3) is 4.83. The number of thiocarbonyl (C=S) groups is 1. The lowest BCUT2D eigenvalue weighted by Crippen LogP contribution is -2.36. The van der Waals surface area contributed by atoms with E-state index in [0.29, 0.717) is 13.1 Å². The van der Waals surface area contributed by atoms with Gasteiger partial charge in [0.2, 0.25) is 0 Å². The van der Waals surface area contributed by atoms with Gasteiger partial charge in [-0.25, -0.2) is 4.79 Å². The number of rotatable bonds is 3. The van der Waals surface area contributed by atoms with Crippen molar-refractivity contribution < 1.29 is 14.3 Å². The Morgan fingerprint density at radius 2 is 2.05 bits per heavy atom. The first kappa shape index (κ1) is 16.5. The summed E-state index contributed by atoms with van der Waals surface area (Å²) in [6, 6.07) is 7.30. The lowest BCUT2D eigenvalue weighted by molar-refractivity contribution is 0.0275. The standard InChI is InChI=1S/C16H20N2O3S/c1-16(2,3)21-15(19)18-9-8-14(10-18)20-13-6-4-12(5-7-13)17-11-22/h4-7,14H,8-10H2,1-3H3.